The van der Waals surface area contributed by atoms with Gasteiger partial charge in [0.05, 0.1) is 32.9 Å². The highest BCUT2D eigenvalue weighted by Gasteiger charge is 2.18. The molecule has 6 rings (SSSR count). The zero-order valence-corrected chi connectivity index (χ0v) is 22.5. The van der Waals surface area contributed by atoms with Gasteiger partial charge in [0.1, 0.15) is 5.58 Å². The van der Waals surface area contributed by atoms with E-state index in [0.717, 1.165) is 28.0 Å². The average Bonchev–Trinajstić information content (AvgIpc) is 3.44. The van der Waals surface area contributed by atoms with Gasteiger partial charge in [-0.15, -0.1) is 0 Å². The van der Waals surface area contributed by atoms with E-state index in [9.17, 15) is 4.79 Å². The van der Waals surface area contributed by atoms with Crippen molar-refractivity contribution < 1.29 is 4.42 Å². The van der Waals surface area contributed by atoms with Crippen molar-refractivity contribution >= 4 is 62.9 Å². The van der Waals surface area contributed by atoms with Crippen molar-refractivity contribution in [3.63, 3.8) is 0 Å². The predicted octanol–water partition coefficient (Wildman–Crippen LogP) is 8.06. The standard InChI is InChI=1S/C29H19Cl3N4O2/c1-16-12-19(17(2)35(16)24-9-5-7-22(31)27(24)32)15-33-36-28(34-23-8-4-3-6-21(23)29(36)37)26-14-18-13-20(30)10-11-25(18)38-26/h3-15H,1-2H3. The second-order valence-electron chi connectivity index (χ2n) is 8.84. The smallest absolute Gasteiger partial charge is 0.282 e. The fourth-order valence-electron chi connectivity index (χ4n) is 4.59. The molecule has 0 aliphatic rings. The van der Waals surface area contributed by atoms with Gasteiger partial charge < -0.3 is 8.98 Å². The first-order valence-corrected chi connectivity index (χ1v) is 12.8. The molecule has 188 valence electrons. The third-order valence-corrected chi connectivity index (χ3v) is 7.45. The van der Waals surface area contributed by atoms with Gasteiger partial charge in [-0.1, -0.05) is 53.0 Å². The number of aryl methyl sites for hydroxylation is 1. The Hall–Kier alpha value is -3.84. The molecule has 0 saturated heterocycles. The molecule has 0 radical (unpaired) electrons. The Morgan fingerprint density at radius 3 is 2.61 bits per heavy atom. The van der Waals surface area contributed by atoms with Crippen molar-refractivity contribution in [1.82, 2.24) is 14.2 Å². The highest BCUT2D eigenvalue weighted by Crippen LogP contribution is 2.32. The lowest BCUT2D eigenvalue weighted by Gasteiger charge is -2.12. The Morgan fingerprint density at radius 2 is 1.76 bits per heavy atom. The van der Waals surface area contributed by atoms with E-state index < -0.39 is 0 Å². The van der Waals surface area contributed by atoms with Gasteiger partial charge in [-0.2, -0.15) is 9.78 Å². The third kappa shape index (κ3) is 4.11. The van der Waals surface area contributed by atoms with Gasteiger partial charge in [0.2, 0.25) is 5.82 Å². The van der Waals surface area contributed by atoms with Crippen molar-refractivity contribution in [3.05, 3.63) is 115 Å². The van der Waals surface area contributed by atoms with Crippen LogP contribution in [0, 0.1) is 13.8 Å². The summed E-state index contributed by atoms with van der Waals surface area (Å²) in [5, 5.41) is 7.36. The van der Waals surface area contributed by atoms with E-state index >= 15 is 0 Å². The fraction of sp³-hybridized carbons (Fsp3) is 0.0690. The highest BCUT2D eigenvalue weighted by molar-refractivity contribution is 6.43. The van der Waals surface area contributed by atoms with Crippen LogP contribution in [0.15, 0.2) is 87.1 Å². The normalized spacial score (nSPS) is 11.8. The molecule has 0 N–H and O–H groups in total. The molecule has 0 spiro atoms. The van der Waals surface area contributed by atoms with E-state index in [1.54, 1.807) is 54.7 Å². The van der Waals surface area contributed by atoms with Crippen LogP contribution in [-0.2, 0) is 0 Å². The van der Waals surface area contributed by atoms with Crippen molar-refractivity contribution in [3.8, 4) is 17.3 Å². The molecule has 3 aromatic carbocycles. The van der Waals surface area contributed by atoms with E-state index in [-0.39, 0.29) is 11.4 Å². The molecule has 0 aliphatic heterocycles. The molecule has 0 unspecified atom stereocenters. The summed E-state index contributed by atoms with van der Waals surface area (Å²) >= 11 is 18.9. The minimum atomic E-state index is -0.313. The molecule has 3 aromatic heterocycles. The molecule has 6 nitrogen and oxygen atoms in total. The molecule has 0 aliphatic carbocycles. The first-order chi connectivity index (χ1) is 18.3. The van der Waals surface area contributed by atoms with Crippen molar-refractivity contribution in [2.75, 3.05) is 0 Å². The van der Waals surface area contributed by atoms with E-state index in [1.165, 1.54) is 4.68 Å². The molecule has 0 atom stereocenters. The number of para-hydroxylation sites is 1. The minimum Gasteiger partial charge on any atom is -0.453 e. The predicted molar refractivity (Wildman–Crippen MR) is 154 cm³/mol. The molecular weight excluding hydrogens is 543 g/mol. The Kier molecular flexibility index (Phi) is 6.11. The molecule has 0 saturated carbocycles. The zero-order valence-electron chi connectivity index (χ0n) is 20.2. The van der Waals surface area contributed by atoms with Crippen molar-refractivity contribution in [2.24, 2.45) is 5.10 Å². The van der Waals surface area contributed by atoms with Crippen LogP contribution in [0.25, 0.3) is 39.1 Å². The summed E-state index contributed by atoms with van der Waals surface area (Å²) in [5.74, 6) is 0.683. The maximum absolute atomic E-state index is 13.6. The molecule has 3 heterocycles. The topological polar surface area (TPSA) is 65.3 Å². The highest BCUT2D eigenvalue weighted by atomic mass is 35.5. The maximum atomic E-state index is 13.6. The molecule has 0 bridgehead atoms. The van der Waals surface area contributed by atoms with Crippen LogP contribution in [-0.4, -0.2) is 20.4 Å². The minimum absolute atomic E-state index is 0.281. The third-order valence-electron chi connectivity index (χ3n) is 6.41. The van der Waals surface area contributed by atoms with Gasteiger partial charge >= 0.3 is 0 Å². The summed E-state index contributed by atoms with van der Waals surface area (Å²) in [4.78, 5) is 18.3. The zero-order chi connectivity index (χ0) is 26.6. The van der Waals surface area contributed by atoms with Gasteiger partial charge in [-0.3, -0.25) is 4.79 Å². The molecule has 0 amide bonds. The van der Waals surface area contributed by atoms with Crippen LogP contribution in [0.1, 0.15) is 17.0 Å². The van der Waals surface area contributed by atoms with Gasteiger partial charge in [0.15, 0.2) is 5.76 Å². The van der Waals surface area contributed by atoms with Crippen LogP contribution in [0.5, 0.6) is 0 Å². The van der Waals surface area contributed by atoms with E-state index in [1.807, 2.05) is 42.7 Å². The SMILES string of the molecule is Cc1cc(C=Nn2c(-c3cc4cc(Cl)ccc4o3)nc3ccccc3c2=O)c(C)n1-c1cccc(Cl)c1Cl. The van der Waals surface area contributed by atoms with Crippen LogP contribution >= 0.6 is 34.8 Å². The van der Waals surface area contributed by atoms with Gasteiger partial charge in [-0.05, 0) is 68.4 Å². The van der Waals surface area contributed by atoms with E-state index in [4.69, 9.17) is 44.2 Å². The van der Waals surface area contributed by atoms with E-state index in [2.05, 4.69) is 5.10 Å². The number of halogens is 3. The quantitative estimate of drug-likeness (QED) is 0.204. The molecule has 38 heavy (non-hydrogen) atoms. The number of hydrogen-bond donors (Lipinski definition) is 0. The Morgan fingerprint density at radius 1 is 0.947 bits per heavy atom. The molecule has 6 aromatic rings. The lowest BCUT2D eigenvalue weighted by Crippen LogP contribution is -2.20. The van der Waals surface area contributed by atoms with Crippen LogP contribution < -0.4 is 5.56 Å². The van der Waals surface area contributed by atoms with Crippen molar-refractivity contribution in [2.45, 2.75) is 13.8 Å². The Balaban J connectivity index is 1.52. The summed E-state index contributed by atoms with van der Waals surface area (Å²) in [5.41, 5.74) is 4.26. The summed E-state index contributed by atoms with van der Waals surface area (Å²) in [6, 6.07) is 21.7. The molecule has 9 heteroatoms. The number of hydrogen-bond acceptors (Lipinski definition) is 4. The first kappa shape index (κ1) is 24.5. The van der Waals surface area contributed by atoms with Gasteiger partial charge in [-0.25, -0.2) is 4.98 Å². The monoisotopic (exact) mass is 560 g/mol. The van der Waals surface area contributed by atoms with E-state index in [0.29, 0.717) is 37.3 Å². The van der Waals surface area contributed by atoms with Crippen LogP contribution in [0.4, 0.5) is 0 Å². The Labute approximate surface area is 232 Å². The van der Waals surface area contributed by atoms with Gasteiger partial charge in [0, 0.05) is 27.4 Å². The second-order valence-corrected chi connectivity index (χ2v) is 10.1. The number of fused-ring (bicyclic) bond motifs is 2. The number of furan rings is 1. The van der Waals surface area contributed by atoms with Gasteiger partial charge in [0.25, 0.3) is 5.56 Å². The Bertz CT molecular complexity index is 1970. The average molecular weight is 562 g/mol. The fourth-order valence-corrected chi connectivity index (χ4v) is 5.15. The maximum Gasteiger partial charge on any atom is 0.282 e. The van der Waals surface area contributed by atoms with Crippen LogP contribution in [0.2, 0.25) is 15.1 Å². The van der Waals surface area contributed by atoms with Crippen LogP contribution in [0.3, 0.4) is 0 Å². The molecular formula is C29H19Cl3N4O2. The summed E-state index contributed by atoms with van der Waals surface area (Å²) in [7, 11) is 0. The lowest BCUT2D eigenvalue weighted by molar-refractivity contribution is 0.616. The summed E-state index contributed by atoms with van der Waals surface area (Å²) in [6.07, 6.45) is 1.64. The number of rotatable bonds is 4. The second kappa shape index (κ2) is 9.48. The number of aromatic nitrogens is 3. The largest absolute Gasteiger partial charge is 0.453 e. The lowest BCUT2D eigenvalue weighted by atomic mass is 10.2. The number of benzene rings is 3. The number of nitrogens with zero attached hydrogens (tertiary/aromatic N) is 4. The first-order valence-electron chi connectivity index (χ1n) is 11.7. The summed E-state index contributed by atoms with van der Waals surface area (Å²) in [6.45, 7) is 3.92. The van der Waals surface area contributed by atoms with Crippen molar-refractivity contribution in [1.29, 1.82) is 0 Å². The molecule has 0 fully saturated rings. The summed E-state index contributed by atoms with van der Waals surface area (Å²) < 4.78 is 9.31.